The van der Waals surface area contributed by atoms with Gasteiger partial charge in [-0.1, -0.05) is 11.6 Å². The smallest absolute Gasteiger partial charge is 0.259 e. The average molecular weight is 224 g/mol. The van der Waals surface area contributed by atoms with Crippen molar-refractivity contribution in [3.05, 3.63) is 23.4 Å². The number of aromatic nitrogens is 1. The summed E-state index contributed by atoms with van der Waals surface area (Å²) in [5, 5.41) is 5.85. The van der Waals surface area contributed by atoms with Gasteiger partial charge in [0.25, 0.3) is 5.91 Å². The fourth-order valence-electron chi connectivity index (χ4n) is 1.24. The third kappa shape index (κ3) is 1.72. The molecule has 0 unspecified atom stereocenters. The average Bonchev–Trinajstić information content (AvgIpc) is 2.45. The van der Waals surface area contributed by atoms with Crippen LogP contribution in [-0.2, 0) is 4.79 Å². The molecule has 1 aromatic rings. The van der Waals surface area contributed by atoms with E-state index in [1.165, 1.54) is 11.2 Å². The van der Waals surface area contributed by atoms with Gasteiger partial charge in [0, 0.05) is 12.4 Å². The summed E-state index contributed by atoms with van der Waals surface area (Å²) in [6.45, 7) is 3.63. The van der Waals surface area contributed by atoms with Crippen LogP contribution in [0.3, 0.4) is 0 Å². The van der Waals surface area contributed by atoms with Gasteiger partial charge in [0.15, 0.2) is 5.82 Å². The minimum atomic E-state index is -0.554. The first-order chi connectivity index (χ1) is 7.00. The number of anilines is 1. The maximum Gasteiger partial charge on any atom is 0.259 e. The van der Waals surface area contributed by atoms with Gasteiger partial charge < -0.3 is 0 Å². The van der Waals surface area contributed by atoms with E-state index >= 15 is 0 Å². The predicted octanol–water partition coefficient (Wildman–Crippen LogP) is 2.09. The first-order valence-electron chi connectivity index (χ1n) is 4.52. The standard InChI is InChI=1S/C10H10ClN3O/c1-10(2)6-13-14(9(10)15)8-4-3-7(11)5-12-8/h3-6H,1-2H3. The molecule has 0 fully saturated rings. The van der Waals surface area contributed by atoms with E-state index in [4.69, 9.17) is 11.6 Å². The molecule has 0 radical (unpaired) electrons. The molecule has 1 aliphatic rings. The van der Waals surface area contributed by atoms with Crippen LogP contribution < -0.4 is 5.01 Å². The third-order valence-electron chi connectivity index (χ3n) is 2.17. The molecule has 2 heterocycles. The fourth-order valence-corrected chi connectivity index (χ4v) is 1.35. The molecule has 78 valence electrons. The van der Waals surface area contributed by atoms with Gasteiger partial charge in [-0.25, -0.2) is 4.98 Å². The first kappa shape index (κ1) is 10.1. The van der Waals surface area contributed by atoms with E-state index in [1.54, 1.807) is 18.3 Å². The molecule has 1 amide bonds. The zero-order chi connectivity index (χ0) is 11.1. The molecule has 1 aromatic heterocycles. The van der Waals surface area contributed by atoms with Crippen molar-refractivity contribution in [3.63, 3.8) is 0 Å². The zero-order valence-corrected chi connectivity index (χ0v) is 9.19. The molecule has 2 rings (SSSR count). The molecule has 0 aromatic carbocycles. The van der Waals surface area contributed by atoms with Crippen LogP contribution in [0.2, 0.25) is 5.02 Å². The van der Waals surface area contributed by atoms with Crippen molar-refractivity contribution in [3.8, 4) is 0 Å². The second-order valence-electron chi connectivity index (χ2n) is 3.92. The van der Waals surface area contributed by atoms with Crippen LogP contribution in [0.15, 0.2) is 23.4 Å². The highest BCUT2D eigenvalue weighted by atomic mass is 35.5. The molecule has 0 N–H and O–H groups in total. The molecule has 1 aliphatic heterocycles. The Kier molecular flexibility index (Phi) is 2.23. The maximum atomic E-state index is 11.8. The Bertz CT molecular complexity index is 425. The molecule has 0 saturated heterocycles. The highest BCUT2D eigenvalue weighted by Crippen LogP contribution is 2.26. The number of carbonyl (C=O) groups is 1. The summed E-state index contributed by atoms with van der Waals surface area (Å²) in [7, 11) is 0. The number of carbonyl (C=O) groups excluding carboxylic acids is 1. The van der Waals surface area contributed by atoms with Crippen molar-refractivity contribution in [2.75, 3.05) is 5.01 Å². The van der Waals surface area contributed by atoms with Gasteiger partial charge in [-0.15, -0.1) is 0 Å². The summed E-state index contributed by atoms with van der Waals surface area (Å²) in [4.78, 5) is 15.9. The third-order valence-corrected chi connectivity index (χ3v) is 2.39. The van der Waals surface area contributed by atoms with Crippen molar-refractivity contribution in [1.29, 1.82) is 0 Å². The number of pyridine rings is 1. The van der Waals surface area contributed by atoms with Gasteiger partial charge in [-0.05, 0) is 26.0 Å². The Labute approximate surface area is 92.6 Å². The van der Waals surface area contributed by atoms with E-state index in [0.717, 1.165) is 0 Å². The van der Waals surface area contributed by atoms with E-state index in [0.29, 0.717) is 10.8 Å². The first-order valence-corrected chi connectivity index (χ1v) is 4.90. The SMILES string of the molecule is CC1(C)C=NN(c2ccc(Cl)cn2)C1=O. The number of hydrazone groups is 1. The van der Waals surface area contributed by atoms with E-state index in [9.17, 15) is 4.79 Å². The molecule has 4 nitrogen and oxygen atoms in total. The Hall–Kier alpha value is -1.42. The second-order valence-corrected chi connectivity index (χ2v) is 4.35. The van der Waals surface area contributed by atoms with E-state index in [2.05, 4.69) is 10.1 Å². The number of amides is 1. The summed E-state index contributed by atoms with van der Waals surface area (Å²) in [6.07, 6.45) is 3.11. The largest absolute Gasteiger partial charge is 0.271 e. The number of halogens is 1. The molecular weight excluding hydrogens is 214 g/mol. The van der Waals surface area contributed by atoms with Crippen molar-refractivity contribution < 1.29 is 4.79 Å². The minimum absolute atomic E-state index is 0.0858. The molecule has 0 spiro atoms. The maximum absolute atomic E-state index is 11.8. The molecular formula is C10H10ClN3O. The van der Waals surface area contributed by atoms with Crippen molar-refractivity contribution in [2.24, 2.45) is 10.5 Å². The van der Waals surface area contributed by atoms with Gasteiger partial charge >= 0.3 is 0 Å². The number of hydrogen-bond donors (Lipinski definition) is 0. The van der Waals surface area contributed by atoms with Crippen LogP contribution in [0, 0.1) is 5.41 Å². The van der Waals surface area contributed by atoms with Crippen LogP contribution in [0.4, 0.5) is 5.82 Å². The highest BCUT2D eigenvalue weighted by Gasteiger charge is 2.37. The molecule has 0 atom stereocenters. The summed E-state index contributed by atoms with van der Waals surface area (Å²) < 4.78 is 0. The lowest BCUT2D eigenvalue weighted by Crippen LogP contribution is -2.32. The Morgan fingerprint density at radius 3 is 2.60 bits per heavy atom. The van der Waals surface area contributed by atoms with Crippen LogP contribution in [-0.4, -0.2) is 17.1 Å². The van der Waals surface area contributed by atoms with Gasteiger partial charge in [0.2, 0.25) is 0 Å². The number of nitrogens with zero attached hydrogens (tertiary/aromatic N) is 3. The summed E-state index contributed by atoms with van der Waals surface area (Å²) in [5.74, 6) is 0.406. The Morgan fingerprint density at radius 1 is 1.40 bits per heavy atom. The lowest BCUT2D eigenvalue weighted by Gasteiger charge is -2.16. The fraction of sp³-hybridized carbons (Fsp3) is 0.300. The van der Waals surface area contributed by atoms with Gasteiger partial charge in [-0.3, -0.25) is 4.79 Å². The zero-order valence-electron chi connectivity index (χ0n) is 8.44. The van der Waals surface area contributed by atoms with Crippen LogP contribution in [0.1, 0.15) is 13.8 Å². The Balaban J connectivity index is 2.31. The van der Waals surface area contributed by atoms with Crippen molar-refractivity contribution in [1.82, 2.24) is 4.98 Å². The normalized spacial score (nSPS) is 18.6. The molecule has 15 heavy (non-hydrogen) atoms. The van der Waals surface area contributed by atoms with Gasteiger partial charge in [0.1, 0.15) is 0 Å². The summed E-state index contributed by atoms with van der Waals surface area (Å²) in [5.41, 5.74) is -0.554. The van der Waals surface area contributed by atoms with Crippen LogP contribution >= 0.6 is 11.6 Å². The topological polar surface area (TPSA) is 45.6 Å². The van der Waals surface area contributed by atoms with Gasteiger partial charge in [-0.2, -0.15) is 10.1 Å². The van der Waals surface area contributed by atoms with Crippen LogP contribution in [0.25, 0.3) is 0 Å². The molecule has 0 bridgehead atoms. The van der Waals surface area contributed by atoms with E-state index < -0.39 is 5.41 Å². The van der Waals surface area contributed by atoms with Crippen molar-refractivity contribution >= 4 is 29.5 Å². The molecule has 0 aliphatic carbocycles. The number of hydrogen-bond acceptors (Lipinski definition) is 3. The molecule has 5 heteroatoms. The molecule has 0 saturated carbocycles. The minimum Gasteiger partial charge on any atom is -0.271 e. The van der Waals surface area contributed by atoms with Gasteiger partial charge in [0.05, 0.1) is 10.4 Å². The lowest BCUT2D eigenvalue weighted by atomic mass is 9.95. The van der Waals surface area contributed by atoms with E-state index in [1.807, 2.05) is 13.8 Å². The Morgan fingerprint density at radius 2 is 2.13 bits per heavy atom. The second kappa shape index (κ2) is 3.31. The monoisotopic (exact) mass is 223 g/mol. The summed E-state index contributed by atoms with van der Waals surface area (Å²) in [6, 6.07) is 3.34. The number of rotatable bonds is 1. The lowest BCUT2D eigenvalue weighted by molar-refractivity contribution is -0.122. The summed E-state index contributed by atoms with van der Waals surface area (Å²) >= 11 is 5.71. The quantitative estimate of drug-likeness (QED) is 0.732. The van der Waals surface area contributed by atoms with Crippen molar-refractivity contribution in [2.45, 2.75) is 13.8 Å². The van der Waals surface area contributed by atoms with E-state index in [-0.39, 0.29) is 5.91 Å². The van der Waals surface area contributed by atoms with Crippen LogP contribution in [0.5, 0.6) is 0 Å². The predicted molar refractivity (Wildman–Crippen MR) is 59.0 cm³/mol. The highest BCUT2D eigenvalue weighted by molar-refractivity contribution is 6.30.